The highest BCUT2D eigenvalue weighted by Gasteiger charge is 2.16. The Morgan fingerprint density at radius 3 is 2.67 bits per heavy atom. The van der Waals surface area contributed by atoms with Crippen LogP contribution in [0.3, 0.4) is 0 Å². The van der Waals surface area contributed by atoms with Crippen molar-refractivity contribution in [2.24, 2.45) is 0 Å². The minimum atomic E-state index is -0.728. The van der Waals surface area contributed by atoms with Gasteiger partial charge in [0.1, 0.15) is 23.2 Å². The van der Waals surface area contributed by atoms with Crippen LogP contribution >= 0.6 is 15.9 Å². The zero-order valence-electron chi connectivity index (χ0n) is 11.3. The molecule has 2 aromatic carbocycles. The minimum absolute atomic E-state index is 0.0998. The molecule has 0 N–H and O–H groups in total. The van der Waals surface area contributed by atoms with E-state index in [-0.39, 0.29) is 28.7 Å². The monoisotopic (exact) mass is 354 g/mol. The van der Waals surface area contributed by atoms with Crippen molar-refractivity contribution in [2.45, 2.75) is 12.8 Å². The summed E-state index contributed by atoms with van der Waals surface area (Å²) in [6, 6.07) is 9.45. The predicted molar refractivity (Wildman–Crippen MR) is 79.5 cm³/mol. The number of ether oxygens (including phenoxy) is 1. The molecule has 0 saturated heterocycles. The molecule has 0 aliphatic carbocycles. The van der Waals surface area contributed by atoms with Gasteiger partial charge in [0, 0.05) is 18.4 Å². The number of methoxy groups -OCH3 is 1. The molecule has 0 spiro atoms. The molecule has 0 aliphatic rings. The molecule has 110 valence electrons. The van der Waals surface area contributed by atoms with Gasteiger partial charge < -0.3 is 4.74 Å². The minimum Gasteiger partial charge on any atom is -0.497 e. The summed E-state index contributed by atoms with van der Waals surface area (Å²) in [6.07, 6.45) is -0.184. The third-order valence-corrected chi connectivity index (χ3v) is 3.66. The molecule has 5 heteroatoms. The quantitative estimate of drug-likeness (QED) is 0.756. The van der Waals surface area contributed by atoms with Crippen molar-refractivity contribution in [1.29, 1.82) is 0 Å². The summed E-state index contributed by atoms with van der Waals surface area (Å²) in [5.74, 6) is -1.07. The van der Waals surface area contributed by atoms with Gasteiger partial charge in [-0.25, -0.2) is 8.78 Å². The van der Waals surface area contributed by atoms with Crippen LogP contribution in [0.25, 0.3) is 0 Å². The summed E-state index contributed by atoms with van der Waals surface area (Å²) in [4.78, 5) is 12.0. The van der Waals surface area contributed by atoms with Crippen LogP contribution in [0.15, 0.2) is 40.9 Å². The summed E-state index contributed by atoms with van der Waals surface area (Å²) in [5, 5.41) is 0. The van der Waals surface area contributed by atoms with Gasteiger partial charge in [-0.15, -0.1) is 0 Å². The summed E-state index contributed by atoms with van der Waals surface area (Å²) in [5.41, 5.74) is 0.535. The molecule has 0 heterocycles. The van der Waals surface area contributed by atoms with E-state index in [0.717, 1.165) is 11.6 Å². The number of Topliss-reactive ketones (excluding diaryl/α,β-unsaturated/α-hetero) is 1. The summed E-state index contributed by atoms with van der Waals surface area (Å²) >= 11 is 2.99. The standard InChI is InChI=1S/C16H13BrF2O2/c1-21-12-4-2-3-10(8-12)7-11(20)9-13-15(18)6-5-14(17)16(13)19/h2-6,8H,7,9H2,1H3. The molecule has 2 aromatic rings. The van der Waals surface area contributed by atoms with Crippen LogP contribution in [0.1, 0.15) is 11.1 Å². The van der Waals surface area contributed by atoms with E-state index in [1.165, 1.54) is 13.2 Å². The van der Waals surface area contributed by atoms with Gasteiger partial charge in [-0.3, -0.25) is 4.79 Å². The summed E-state index contributed by atoms with van der Waals surface area (Å²) in [7, 11) is 1.53. The number of hydrogen-bond donors (Lipinski definition) is 0. The van der Waals surface area contributed by atoms with Crippen LogP contribution in [0.4, 0.5) is 8.78 Å². The summed E-state index contributed by atoms with van der Waals surface area (Å²) < 4.78 is 32.7. The number of rotatable bonds is 5. The molecule has 0 atom stereocenters. The van der Waals surface area contributed by atoms with Crippen molar-refractivity contribution >= 4 is 21.7 Å². The summed E-state index contributed by atoms with van der Waals surface area (Å²) in [6.45, 7) is 0. The van der Waals surface area contributed by atoms with Gasteiger partial charge in [-0.1, -0.05) is 12.1 Å². The number of carbonyl (C=O) groups excluding carboxylic acids is 1. The Kier molecular flexibility index (Phi) is 5.07. The van der Waals surface area contributed by atoms with E-state index in [9.17, 15) is 13.6 Å². The molecular weight excluding hydrogens is 342 g/mol. The lowest BCUT2D eigenvalue weighted by atomic mass is 10.0. The van der Waals surface area contributed by atoms with Gasteiger partial charge in [0.25, 0.3) is 0 Å². The third kappa shape index (κ3) is 3.88. The molecular formula is C16H13BrF2O2. The zero-order chi connectivity index (χ0) is 15.4. The molecule has 0 amide bonds. The number of ketones is 1. The second-order valence-corrected chi connectivity index (χ2v) is 5.42. The van der Waals surface area contributed by atoms with Crippen LogP contribution in [0.5, 0.6) is 5.75 Å². The van der Waals surface area contributed by atoms with E-state index in [0.29, 0.717) is 5.75 Å². The van der Waals surface area contributed by atoms with Gasteiger partial charge in [-0.2, -0.15) is 0 Å². The Bertz CT molecular complexity index is 671. The van der Waals surface area contributed by atoms with Crippen LogP contribution in [-0.4, -0.2) is 12.9 Å². The van der Waals surface area contributed by atoms with E-state index in [2.05, 4.69) is 15.9 Å². The SMILES string of the molecule is COc1cccc(CC(=O)Cc2c(F)ccc(Br)c2F)c1. The first kappa shape index (κ1) is 15.6. The fourth-order valence-electron chi connectivity index (χ4n) is 2.00. The number of halogens is 3. The van der Waals surface area contributed by atoms with Crippen molar-refractivity contribution in [2.75, 3.05) is 7.11 Å². The molecule has 0 aromatic heterocycles. The third-order valence-electron chi connectivity index (χ3n) is 3.05. The molecule has 0 fully saturated rings. The fraction of sp³-hybridized carbons (Fsp3) is 0.188. The van der Waals surface area contributed by atoms with Crippen molar-refractivity contribution in [1.82, 2.24) is 0 Å². The molecule has 0 saturated carbocycles. The Morgan fingerprint density at radius 2 is 1.95 bits per heavy atom. The maximum atomic E-state index is 13.8. The lowest BCUT2D eigenvalue weighted by molar-refractivity contribution is -0.117. The van der Waals surface area contributed by atoms with E-state index < -0.39 is 11.6 Å². The van der Waals surface area contributed by atoms with Gasteiger partial charge in [0.05, 0.1) is 11.6 Å². The average Bonchev–Trinajstić information content (AvgIpc) is 2.48. The highest BCUT2D eigenvalue weighted by Crippen LogP contribution is 2.22. The highest BCUT2D eigenvalue weighted by atomic mass is 79.9. The molecule has 21 heavy (non-hydrogen) atoms. The number of carbonyl (C=O) groups is 1. The Balaban J connectivity index is 2.13. The van der Waals surface area contributed by atoms with Crippen molar-refractivity contribution < 1.29 is 18.3 Å². The van der Waals surface area contributed by atoms with Gasteiger partial charge >= 0.3 is 0 Å². The average molecular weight is 355 g/mol. The lowest BCUT2D eigenvalue weighted by Gasteiger charge is -2.07. The first-order chi connectivity index (χ1) is 10.0. The van der Waals surface area contributed by atoms with Crippen LogP contribution in [0.2, 0.25) is 0 Å². The topological polar surface area (TPSA) is 26.3 Å². The second-order valence-electron chi connectivity index (χ2n) is 4.57. The van der Waals surface area contributed by atoms with Crippen molar-refractivity contribution in [3.63, 3.8) is 0 Å². The number of hydrogen-bond acceptors (Lipinski definition) is 2. The van der Waals surface area contributed by atoms with E-state index in [1.54, 1.807) is 24.3 Å². The van der Waals surface area contributed by atoms with Crippen LogP contribution < -0.4 is 4.74 Å². The first-order valence-corrected chi connectivity index (χ1v) is 7.07. The van der Waals surface area contributed by atoms with E-state index in [4.69, 9.17) is 4.74 Å². The largest absolute Gasteiger partial charge is 0.497 e. The van der Waals surface area contributed by atoms with Crippen molar-refractivity contribution in [3.8, 4) is 5.75 Å². The first-order valence-electron chi connectivity index (χ1n) is 6.28. The van der Waals surface area contributed by atoms with Gasteiger partial charge in [-0.05, 0) is 45.8 Å². The van der Waals surface area contributed by atoms with Crippen LogP contribution in [0, 0.1) is 11.6 Å². The molecule has 0 aliphatic heterocycles. The molecule has 2 nitrogen and oxygen atoms in total. The second kappa shape index (κ2) is 6.80. The maximum absolute atomic E-state index is 13.8. The Morgan fingerprint density at radius 1 is 1.19 bits per heavy atom. The Hall–Kier alpha value is -1.75. The predicted octanol–water partition coefficient (Wildman–Crippen LogP) is 4.09. The molecule has 0 radical (unpaired) electrons. The smallest absolute Gasteiger partial charge is 0.143 e. The van der Waals surface area contributed by atoms with Crippen molar-refractivity contribution in [3.05, 3.63) is 63.6 Å². The maximum Gasteiger partial charge on any atom is 0.143 e. The fourth-order valence-corrected chi connectivity index (χ4v) is 2.37. The Labute approximate surface area is 129 Å². The van der Waals surface area contributed by atoms with E-state index in [1.807, 2.05) is 0 Å². The lowest BCUT2D eigenvalue weighted by Crippen LogP contribution is -2.10. The zero-order valence-corrected chi connectivity index (χ0v) is 12.9. The molecule has 2 rings (SSSR count). The van der Waals surface area contributed by atoms with Gasteiger partial charge in [0.15, 0.2) is 0 Å². The van der Waals surface area contributed by atoms with E-state index >= 15 is 0 Å². The molecule has 0 unspecified atom stereocenters. The van der Waals surface area contributed by atoms with Crippen LogP contribution in [-0.2, 0) is 17.6 Å². The highest BCUT2D eigenvalue weighted by molar-refractivity contribution is 9.10. The molecule has 0 bridgehead atoms. The van der Waals surface area contributed by atoms with Gasteiger partial charge in [0.2, 0.25) is 0 Å². The number of benzene rings is 2. The normalized spacial score (nSPS) is 10.5.